The number of aryl methyl sites for hydroxylation is 1. The maximum Gasteiger partial charge on any atom is 0.256 e. The van der Waals surface area contributed by atoms with E-state index >= 15 is 0 Å². The number of hydrogen-bond donors (Lipinski definition) is 1. The topological polar surface area (TPSA) is 47.6 Å². The Morgan fingerprint density at radius 2 is 1.88 bits per heavy atom. The van der Waals surface area contributed by atoms with E-state index in [1.165, 1.54) is 0 Å². The minimum atomic E-state index is -0.810. The van der Waals surface area contributed by atoms with Crippen LogP contribution in [0, 0.1) is 12.8 Å². The number of nitrogens with one attached hydrogen (secondary N) is 1. The van der Waals surface area contributed by atoms with Gasteiger partial charge >= 0.3 is 0 Å². The average molecular weight is 335 g/mol. The lowest BCUT2D eigenvalue weighted by Gasteiger charge is -2.30. The normalized spacial score (nSPS) is 13.6. The second-order valence-electron chi connectivity index (χ2n) is 6.96. The van der Waals surface area contributed by atoms with Crippen molar-refractivity contribution in [3.63, 3.8) is 0 Å². The predicted molar refractivity (Wildman–Crippen MR) is 99.7 cm³/mol. The Kier molecular flexibility index (Phi) is 8.26. The Morgan fingerprint density at radius 1 is 1.21 bits per heavy atom. The highest BCUT2D eigenvalue weighted by Crippen LogP contribution is 2.26. The van der Waals surface area contributed by atoms with Gasteiger partial charge in [0.2, 0.25) is 0 Å². The molecule has 0 aliphatic carbocycles. The van der Waals surface area contributed by atoms with Crippen LogP contribution in [-0.4, -0.2) is 24.7 Å². The maximum absolute atomic E-state index is 12.8. The highest BCUT2D eigenvalue weighted by atomic mass is 16.5. The fraction of sp³-hybridized carbons (Fsp3) is 0.650. The first-order valence-electron chi connectivity index (χ1n) is 9.01. The molecule has 0 aromatic heterocycles. The van der Waals surface area contributed by atoms with Crippen molar-refractivity contribution in [2.45, 2.75) is 66.4 Å². The highest BCUT2D eigenvalue weighted by molar-refractivity contribution is 5.97. The molecule has 0 fully saturated rings. The SMILES string of the molecule is CCCOc1ccc(NC(=O)[C@](C)(CC(C)C)OCCC)cc1C. The van der Waals surface area contributed by atoms with Gasteiger partial charge in [0.25, 0.3) is 5.91 Å². The Bertz CT molecular complexity index is 528. The predicted octanol–water partition coefficient (Wildman–Crippen LogP) is 4.95. The van der Waals surface area contributed by atoms with Crippen LogP contribution in [0.15, 0.2) is 18.2 Å². The van der Waals surface area contributed by atoms with Crippen LogP contribution in [0.4, 0.5) is 5.69 Å². The van der Waals surface area contributed by atoms with Crippen LogP contribution in [0.3, 0.4) is 0 Å². The summed E-state index contributed by atoms with van der Waals surface area (Å²) >= 11 is 0. The van der Waals surface area contributed by atoms with Crippen LogP contribution in [-0.2, 0) is 9.53 Å². The molecule has 1 N–H and O–H groups in total. The van der Waals surface area contributed by atoms with Crippen LogP contribution >= 0.6 is 0 Å². The molecule has 1 atom stereocenters. The van der Waals surface area contributed by atoms with Gasteiger partial charge in [0.1, 0.15) is 11.4 Å². The molecule has 136 valence electrons. The van der Waals surface area contributed by atoms with Crippen molar-refractivity contribution in [2.75, 3.05) is 18.5 Å². The van der Waals surface area contributed by atoms with E-state index in [2.05, 4.69) is 26.1 Å². The Hall–Kier alpha value is -1.55. The number of amides is 1. The summed E-state index contributed by atoms with van der Waals surface area (Å²) in [7, 11) is 0. The van der Waals surface area contributed by atoms with Gasteiger partial charge in [-0.2, -0.15) is 0 Å². The summed E-state index contributed by atoms with van der Waals surface area (Å²) in [6, 6.07) is 5.73. The maximum atomic E-state index is 12.8. The molecule has 0 heterocycles. The fourth-order valence-electron chi connectivity index (χ4n) is 2.69. The number of hydrogen-bond acceptors (Lipinski definition) is 3. The lowest BCUT2D eigenvalue weighted by molar-refractivity contribution is -0.141. The molecule has 0 radical (unpaired) electrons. The van der Waals surface area contributed by atoms with Crippen LogP contribution in [0.25, 0.3) is 0 Å². The van der Waals surface area contributed by atoms with Crippen LogP contribution in [0.2, 0.25) is 0 Å². The molecule has 0 unspecified atom stereocenters. The van der Waals surface area contributed by atoms with Gasteiger partial charge in [-0.05, 0) is 62.8 Å². The molecule has 1 rings (SSSR count). The number of anilines is 1. The molecule has 0 saturated carbocycles. The van der Waals surface area contributed by atoms with Crippen LogP contribution < -0.4 is 10.1 Å². The number of carbonyl (C=O) groups is 1. The summed E-state index contributed by atoms with van der Waals surface area (Å²) in [5.74, 6) is 1.15. The van der Waals surface area contributed by atoms with Gasteiger partial charge in [-0.25, -0.2) is 0 Å². The molecule has 0 saturated heterocycles. The van der Waals surface area contributed by atoms with Gasteiger partial charge in [0, 0.05) is 12.3 Å². The van der Waals surface area contributed by atoms with Gasteiger partial charge < -0.3 is 14.8 Å². The Morgan fingerprint density at radius 3 is 2.42 bits per heavy atom. The van der Waals surface area contributed by atoms with Crippen molar-refractivity contribution >= 4 is 11.6 Å². The van der Waals surface area contributed by atoms with E-state index in [1.54, 1.807) is 0 Å². The first-order chi connectivity index (χ1) is 11.3. The van der Waals surface area contributed by atoms with Gasteiger partial charge in [-0.1, -0.05) is 27.7 Å². The summed E-state index contributed by atoms with van der Waals surface area (Å²) < 4.78 is 11.6. The van der Waals surface area contributed by atoms with Crippen molar-refractivity contribution in [3.05, 3.63) is 23.8 Å². The largest absolute Gasteiger partial charge is 0.493 e. The monoisotopic (exact) mass is 335 g/mol. The molecule has 1 aromatic carbocycles. The van der Waals surface area contributed by atoms with Crippen molar-refractivity contribution in [2.24, 2.45) is 5.92 Å². The Labute approximate surface area is 146 Å². The minimum Gasteiger partial charge on any atom is -0.493 e. The number of ether oxygens (including phenoxy) is 2. The third-order valence-corrected chi connectivity index (χ3v) is 3.80. The molecular formula is C20H33NO3. The highest BCUT2D eigenvalue weighted by Gasteiger charge is 2.35. The molecule has 0 spiro atoms. The molecule has 1 amide bonds. The van der Waals surface area contributed by atoms with E-state index in [-0.39, 0.29) is 5.91 Å². The van der Waals surface area contributed by atoms with Crippen molar-refractivity contribution in [1.82, 2.24) is 0 Å². The third-order valence-electron chi connectivity index (χ3n) is 3.80. The first kappa shape index (κ1) is 20.5. The second-order valence-corrected chi connectivity index (χ2v) is 6.96. The lowest BCUT2D eigenvalue weighted by Crippen LogP contribution is -2.44. The van der Waals surface area contributed by atoms with E-state index in [0.717, 1.165) is 29.8 Å². The summed E-state index contributed by atoms with van der Waals surface area (Å²) in [6.45, 7) is 13.5. The molecule has 4 nitrogen and oxygen atoms in total. The van der Waals surface area contributed by atoms with Crippen molar-refractivity contribution < 1.29 is 14.3 Å². The molecule has 0 aliphatic heterocycles. The Balaban J connectivity index is 2.84. The first-order valence-corrected chi connectivity index (χ1v) is 9.01. The lowest BCUT2D eigenvalue weighted by atomic mass is 9.93. The second kappa shape index (κ2) is 9.67. The number of rotatable bonds is 10. The molecule has 1 aromatic rings. The summed E-state index contributed by atoms with van der Waals surface area (Å²) in [5, 5.41) is 3.00. The van der Waals surface area contributed by atoms with E-state index in [9.17, 15) is 4.79 Å². The van der Waals surface area contributed by atoms with Gasteiger partial charge in [0.15, 0.2) is 0 Å². The summed E-state index contributed by atoms with van der Waals surface area (Å²) in [4.78, 5) is 12.8. The van der Waals surface area contributed by atoms with Gasteiger partial charge in [0.05, 0.1) is 6.61 Å². The van der Waals surface area contributed by atoms with E-state index < -0.39 is 5.60 Å². The van der Waals surface area contributed by atoms with Crippen LogP contribution in [0.1, 0.15) is 59.4 Å². The number of benzene rings is 1. The van der Waals surface area contributed by atoms with E-state index in [1.807, 2.05) is 39.0 Å². The molecule has 24 heavy (non-hydrogen) atoms. The smallest absolute Gasteiger partial charge is 0.256 e. The summed E-state index contributed by atoms with van der Waals surface area (Å²) in [6.07, 6.45) is 2.55. The van der Waals surface area contributed by atoms with Gasteiger partial charge in [-0.3, -0.25) is 4.79 Å². The molecule has 0 aliphatic rings. The molecule has 4 heteroatoms. The standard InChI is InChI=1S/C20H33NO3/c1-7-11-23-18-10-9-17(13-16(18)5)21-19(22)20(6,14-15(3)4)24-12-8-2/h9-10,13,15H,7-8,11-12,14H2,1-6H3,(H,21,22)/t20-/m0/s1. The van der Waals surface area contributed by atoms with Crippen molar-refractivity contribution in [3.8, 4) is 5.75 Å². The molecule has 0 bridgehead atoms. The zero-order valence-corrected chi connectivity index (χ0v) is 16.1. The van der Waals surface area contributed by atoms with Gasteiger partial charge in [-0.15, -0.1) is 0 Å². The van der Waals surface area contributed by atoms with E-state index in [0.29, 0.717) is 25.6 Å². The van der Waals surface area contributed by atoms with E-state index in [4.69, 9.17) is 9.47 Å². The molecular weight excluding hydrogens is 302 g/mol. The van der Waals surface area contributed by atoms with Crippen molar-refractivity contribution in [1.29, 1.82) is 0 Å². The third kappa shape index (κ3) is 6.16. The minimum absolute atomic E-state index is 0.0914. The fourth-order valence-corrected chi connectivity index (χ4v) is 2.69. The summed E-state index contributed by atoms with van der Waals surface area (Å²) in [5.41, 5.74) is 0.979. The average Bonchev–Trinajstić information content (AvgIpc) is 2.51. The zero-order chi connectivity index (χ0) is 18.2. The number of carbonyl (C=O) groups excluding carboxylic acids is 1. The van der Waals surface area contributed by atoms with Crippen LogP contribution in [0.5, 0.6) is 5.75 Å². The zero-order valence-electron chi connectivity index (χ0n) is 16.1. The quantitative estimate of drug-likeness (QED) is 0.658.